The second-order valence-corrected chi connectivity index (χ2v) is 11.1. The normalized spacial score (nSPS) is 30.5. The fraction of sp³-hybridized carbons (Fsp3) is 0.808. The van der Waals surface area contributed by atoms with E-state index in [1.165, 1.54) is 39.5 Å². The molecule has 9 atom stereocenters. The highest BCUT2D eigenvalue weighted by Gasteiger charge is 2.55. The van der Waals surface area contributed by atoms with Crippen molar-refractivity contribution in [1.82, 2.24) is 10.2 Å². The predicted octanol–water partition coefficient (Wildman–Crippen LogP) is 1.43. The first kappa shape index (κ1) is 32.8. The number of likely N-dealkylation sites (tertiary alicyclic amines) is 1. The molecular weight excluding hydrogens is 532 g/mol. The molecule has 0 aromatic heterocycles. The van der Waals surface area contributed by atoms with E-state index < -0.39 is 71.9 Å². The number of hydrogen-bond donors (Lipinski definition) is 1. The van der Waals surface area contributed by atoms with Gasteiger partial charge in [-0.05, 0) is 39.0 Å². The molecule has 2 aliphatic rings. The van der Waals surface area contributed by atoms with Crippen molar-refractivity contribution in [3.05, 3.63) is 0 Å². The van der Waals surface area contributed by atoms with Crippen molar-refractivity contribution in [3.8, 4) is 0 Å². The third-order valence-corrected chi connectivity index (χ3v) is 7.67. The number of nitrogens with one attached hydrogen (secondary N) is 1. The van der Waals surface area contributed by atoms with E-state index in [9.17, 15) is 24.0 Å². The molecule has 2 fully saturated rings. The van der Waals surface area contributed by atoms with Gasteiger partial charge in [-0.25, -0.2) is 0 Å². The summed E-state index contributed by atoms with van der Waals surface area (Å²) in [4.78, 5) is 63.7. The van der Waals surface area contributed by atoms with Crippen molar-refractivity contribution in [2.75, 3.05) is 19.8 Å². The van der Waals surface area contributed by atoms with Crippen molar-refractivity contribution >= 4 is 41.5 Å². The maximum atomic E-state index is 13.6. The van der Waals surface area contributed by atoms with Crippen LogP contribution in [0.5, 0.6) is 0 Å². The van der Waals surface area contributed by atoms with Gasteiger partial charge in [-0.15, -0.1) is 11.8 Å². The highest BCUT2D eigenvalue weighted by atomic mass is 32.2. The van der Waals surface area contributed by atoms with Gasteiger partial charge in [0.2, 0.25) is 5.91 Å². The lowest BCUT2D eigenvalue weighted by atomic mass is 9.91. The van der Waals surface area contributed by atoms with Crippen LogP contribution in [0.15, 0.2) is 0 Å². The Labute approximate surface area is 234 Å². The molecule has 13 heteroatoms. The van der Waals surface area contributed by atoms with Gasteiger partial charge in [0.1, 0.15) is 17.6 Å². The molecule has 222 valence electrons. The first-order valence-electron chi connectivity index (χ1n) is 13.2. The zero-order chi connectivity index (χ0) is 29.4. The summed E-state index contributed by atoms with van der Waals surface area (Å²) in [5, 5.41) is 2.97. The second kappa shape index (κ2) is 14.8. The summed E-state index contributed by atoms with van der Waals surface area (Å²) >= 11 is 1.18. The zero-order valence-corrected chi connectivity index (χ0v) is 24.8. The van der Waals surface area contributed by atoms with Crippen LogP contribution in [-0.2, 0) is 47.7 Å². The van der Waals surface area contributed by atoms with Gasteiger partial charge in [-0.2, -0.15) is 0 Å². The molecule has 1 amide bonds. The molecule has 0 aromatic carbocycles. The SMILES string of the molecule is CCC[C@@H]1C[C@@H](C(=O)N[C@@H]([C@H]2O[C@H](SC)[C@H](OC(C)=O)[C@@H](OC(C)=O)[C@H]2OC(C)=O)[C@H](C)OC(C)=O)N(C)C1. The number of ether oxygens (including phenoxy) is 5. The van der Waals surface area contributed by atoms with Gasteiger partial charge in [0, 0.05) is 34.2 Å². The van der Waals surface area contributed by atoms with Crippen LogP contribution in [-0.4, -0.2) is 103 Å². The quantitative estimate of drug-likeness (QED) is 0.281. The topological polar surface area (TPSA) is 147 Å². The number of rotatable bonds is 11. The van der Waals surface area contributed by atoms with Crippen LogP contribution in [0.2, 0.25) is 0 Å². The highest BCUT2D eigenvalue weighted by molar-refractivity contribution is 7.99. The van der Waals surface area contributed by atoms with E-state index in [2.05, 4.69) is 12.2 Å². The molecule has 0 bridgehead atoms. The third-order valence-electron chi connectivity index (χ3n) is 6.82. The van der Waals surface area contributed by atoms with Crippen LogP contribution >= 0.6 is 11.8 Å². The third kappa shape index (κ3) is 9.07. The average Bonchev–Trinajstić information content (AvgIpc) is 3.18. The Balaban J connectivity index is 2.51. The lowest BCUT2D eigenvalue weighted by Crippen LogP contribution is -2.68. The van der Waals surface area contributed by atoms with E-state index in [1.807, 2.05) is 11.9 Å². The largest absolute Gasteiger partial charge is 0.461 e. The number of nitrogens with zero attached hydrogens (tertiary/aromatic N) is 1. The van der Waals surface area contributed by atoms with Gasteiger partial charge >= 0.3 is 23.9 Å². The molecule has 0 saturated carbocycles. The highest BCUT2D eigenvalue weighted by Crippen LogP contribution is 2.35. The van der Waals surface area contributed by atoms with Crippen molar-refractivity contribution in [3.63, 3.8) is 0 Å². The Bertz CT molecular complexity index is 902. The average molecular weight is 575 g/mol. The summed E-state index contributed by atoms with van der Waals surface area (Å²) in [5.74, 6) is -2.56. The van der Waals surface area contributed by atoms with E-state index >= 15 is 0 Å². The number of carbonyl (C=O) groups excluding carboxylic acids is 5. The summed E-state index contributed by atoms with van der Waals surface area (Å²) in [5.41, 5.74) is -0.859. The fourth-order valence-corrected chi connectivity index (χ4v) is 6.09. The van der Waals surface area contributed by atoms with Gasteiger partial charge in [0.05, 0.1) is 12.1 Å². The molecule has 1 N–H and O–H groups in total. The molecule has 0 aromatic rings. The lowest BCUT2D eigenvalue weighted by molar-refractivity contribution is -0.239. The predicted molar refractivity (Wildman–Crippen MR) is 141 cm³/mol. The number of likely N-dealkylation sites (N-methyl/N-ethyl adjacent to an activating group) is 1. The van der Waals surface area contributed by atoms with Crippen molar-refractivity contribution in [2.45, 2.75) is 109 Å². The van der Waals surface area contributed by atoms with Crippen LogP contribution in [0.3, 0.4) is 0 Å². The Hall–Kier alpha value is -2.38. The van der Waals surface area contributed by atoms with Gasteiger partial charge in [-0.3, -0.25) is 28.9 Å². The van der Waals surface area contributed by atoms with Gasteiger partial charge in [0.25, 0.3) is 0 Å². The maximum absolute atomic E-state index is 13.6. The van der Waals surface area contributed by atoms with Gasteiger partial charge in [0.15, 0.2) is 18.3 Å². The zero-order valence-electron chi connectivity index (χ0n) is 24.0. The summed E-state index contributed by atoms with van der Waals surface area (Å²) in [6.07, 6.45) is -1.32. The Morgan fingerprint density at radius 1 is 0.949 bits per heavy atom. The molecule has 12 nitrogen and oxygen atoms in total. The molecule has 39 heavy (non-hydrogen) atoms. The van der Waals surface area contributed by atoms with Crippen molar-refractivity contribution in [1.29, 1.82) is 0 Å². The van der Waals surface area contributed by atoms with Crippen LogP contribution in [0.4, 0.5) is 0 Å². The Kier molecular flexibility index (Phi) is 12.5. The Morgan fingerprint density at radius 2 is 1.51 bits per heavy atom. The van der Waals surface area contributed by atoms with Crippen LogP contribution in [0.25, 0.3) is 0 Å². The summed E-state index contributed by atoms with van der Waals surface area (Å²) in [6, 6.07) is -1.42. The first-order chi connectivity index (χ1) is 18.3. The van der Waals surface area contributed by atoms with Crippen LogP contribution in [0.1, 0.15) is 60.8 Å². The molecule has 0 radical (unpaired) electrons. The van der Waals surface area contributed by atoms with E-state index in [-0.39, 0.29) is 5.91 Å². The van der Waals surface area contributed by atoms with Crippen LogP contribution < -0.4 is 5.32 Å². The van der Waals surface area contributed by atoms with Crippen molar-refractivity contribution < 1.29 is 47.7 Å². The van der Waals surface area contributed by atoms with Crippen molar-refractivity contribution in [2.24, 2.45) is 5.92 Å². The standard InChI is InChI=1S/C26H42N2O10S/c1-9-10-18-11-19(28(7)12-18)25(33)27-20(13(2)34-14(3)29)21-22(35-15(4)30)23(36-16(5)31)24(37-17(6)32)26(38-21)39-8/h13,18-24,26H,9-12H2,1-8H3,(H,27,33)/t13-,18+,19-,20+,21+,22-,23-,24+,26+/m0/s1. The van der Waals surface area contributed by atoms with E-state index in [0.29, 0.717) is 12.3 Å². The first-order valence-corrected chi connectivity index (χ1v) is 14.4. The van der Waals surface area contributed by atoms with E-state index in [4.69, 9.17) is 23.7 Å². The number of carbonyl (C=O) groups is 5. The van der Waals surface area contributed by atoms with Crippen LogP contribution in [0, 0.1) is 5.92 Å². The second-order valence-electron chi connectivity index (χ2n) is 10.1. The lowest BCUT2D eigenvalue weighted by Gasteiger charge is -2.47. The monoisotopic (exact) mass is 574 g/mol. The number of thioether (sulfide) groups is 1. The molecule has 2 heterocycles. The smallest absolute Gasteiger partial charge is 0.303 e. The molecule has 2 aliphatic heterocycles. The molecule has 0 unspecified atom stereocenters. The molecular formula is C26H42N2O10S. The number of esters is 4. The number of amides is 1. The summed E-state index contributed by atoms with van der Waals surface area (Å²) < 4.78 is 28.3. The number of hydrogen-bond acceptors (Lipinski definition) is 12. The van der Waals surface area contributed by atoms with Gasteiger partial charge in [-0.1, -0.05) is 13.3 Å². The molecule has 0 aliphatic carbocycles. The summed E-state index contributed by atoms with van der Waals surface area (Å²) in [6.45, 7) is 9.26. The minimum absolute atomic E-state index is 0.294. The minimum atomic E-state index is -1.29. The van der Waals surface area contributed by atoms with E-state index in [1.54, 1.807) is 13.2 Å². The molecule has 2 rings (SSSR count). The summed E-state index contributed by atoms with van der Waals surface area (Å²) in [7, 11) is 1.88. The fourth-order valence-electron chi connectivity index (χ4n) is 5.37. The maximum Gasteiger partial charge on any atom is 0.303 e. The molecule has 2 saturated heterocycles. The molecule has 0 spiro atoms. The van der Waals surface area contributed by atoms with Gasteiger partial charge < -0.3 is 29.0 Å². The Morgan fingerprint density at radius 3 is 2.03 bits per heavy atom. The minimum Gasteiger partial charge on any atom is -0.461 e. The van der Waals surface area contributed by atoms with E-state index in [0.717, 1.165) is 19.4 Å².